The zero-order valence-corrected chi connectivity index (χ0v) is 12.8. The largest absolute Gasteiger partial charge is 0.497 e. The van der Waals surface area contributed by atoms with Crippen molar-refractivity contribution in [2.45, 2.75) is 18.4 Å². The van der Waals surface area contributed by atoms with Gasteiger partial charge in [0.2, 0.25) is 0 Å². The Morgan fingerprint density at radius 1 is 1.50 bits per heavy atom. The average molecular weight is 346 g/mol. The molecule has 1 heterocycles. The van der Waals surface area contributed by atoms with Crippen molar-refractivity contribution in [3.63, 3.8) is 0 Å². The first-order valence-corrected chi connectivity index (χ1v) is 7.52. The van der Waals surface area contributed by atoms with Crippen LogP contribution in [0.2, 0.25) is 0 Å². The van der Waals surface area contributed by atoms with Crippen LogP contribution in [0, 0.1) is 5.82 Å². The molecule has 0 unspecified atom stereocenters. The highest BCUT2D eigenvalue weighted by atomic mass is 79.9. The number of rotatable bonds is 4. The van der Waals surface area contributed by atoms with E-state index in [1.807, 2.05) is 0 Å². The third-order valence-electron chi connectivity index (χ3n) is 3.51. The highest BCUT2D eigenvalue weighted by Gasteiger charge is 2.33. The molecule has 0 aromatic heterocycles. The Bertz CT molecular complexity index is 489. The van der Waals surface area contributed by atoms with Crippen LogP contribution in [-0.4, -0.2) is 37.1 Å². The Morgan fingerprint density at radius 3 is 2.75 bits per heavy atom. The van der Waals surface area contributed by atoms with Crippen molar-refractivity contribution in [1.29, 1.82) is 0 Å². The van der Waals surface area contributed by atoms with Crippen LogP contribution in [0.5, 0.6) is 5.75 Å². The Morgan fingerprint density at radius 2 is 2.20 bits per heavy atom. The first-order chi connectivity index (χ1) is 9.60. The second kappa shape index (κ2) is 6.54. The maximum Gasteiger partial charge on any atom is 0.254 e. The SMILES string of the molecule is COc1ccc(C(=O)NC2(CBr)CCOCC2)c(F)c1. The van der Waals surface area contributed by atoms with Crippen molar-refractivity contribution in [3.05, 3.63) is 29.6 Å². The summed E-state index contributed by atoms with van der Waals surface area (Å²) in [5.74, 6) is -0.606. The number of amides is 1. The third kappa shape index (κ3) is 3.30. The number of benzene rings is 1. The molecule has 20 heavy (non-hydrogen) atoms. The monoisotopic (exact) mass is 345 g/mol. The summed E-state index contributed by atoms with van der Waals surface area (Å²) in [5.41, 5.74) is -0.348. The second-order valence-corrected chi connectivity index (χ2v) is 5.39. The zero-order valence-electron chi connectivity index (χ0n) is 11.2. The molecular formula is C14H17BrFNO3. The van der Waals surface area contributed by atoms with Gasteiger partial charge in [0.1, 0.15) is 11.6 Å². The van der Waals surface area contributed by atoms with Crippen molar-refractivity contribution in [2.75, 3.05) is 25.7 Å². The average Bonchev–Trinajstić information content (AvgIpc) is 2.47. The van der Waals surface area contributed by atoms with E-state index in [1.165, 1.54) is 19.2 Å². The number of carbonyl (C=O) groups excluding carboxylic acids is 1. The standard InChI is InChI=1S/C14H17BrFNO3/c1-19-10-2-3-11(12(16)8-10)13(18)17-14(9-15)4-6-20-7-5-14/h2-3,8H,4-7,9H2,1H3,(H,17,18). The van der Waals surface area contributed by atoms with E-state index < -0.39 is 11.7 Å². The Kier molecular flexibility index (Phi) is 4.99. The lowest BCUT2D eigenvalue weighted by atomic mass is 9.92. The molecule has 1 N–H and O–H groups in total. The minimum atomic E-state index is -0.585. The van der Waals surface area contributed by atoms with E-state index in [0.29, 0.717) is 37.1 Å². The molecule has 4 nitrogen and oxygen atoms in total. The third-order valence-corrected chi connectivity index (χ3v) is 4.58. The van der Waals surface area contributed by atoms with Crippen LogP contribution >= 0.6 is 15.9 Å². The summed E-state index contributed by atoms with van der Waals surface area (Å²) >= 11 is 3.43. The molecule has 1 amide bonds. The zero-order chi connectivity index (χ0) is 14.6. The van der Waals surface area contributed by atoms with Gasteiger partial charge in [0, 0.05) is 24.6 Å². The number of carbonyl (C=O) groups is 1. The van der Waals surface area contributed by atoms with Gasteiger partial charge in [-0.2, -0.15) is 0 Å². The van der Waals surface area contributed by atoms with Gasteiger partial charge >= 0.3 is 0 Å². The number of hydrogen-bond donors (Lipinski definition) is 1. The number of hydrogen-bond acceptors (Lipinski definition) is 3. The van der Waals surface area contributed by atoms with E-state index in [1.54, 1.807) is 6.07 Å². The van der Waals surface area contributed by atoms with Gasteiger partial charge in [0.05, 0.1) is 18.2 Å². The summed E-state index contributed by atoms with van der Waals surface area (Å²) in [4.78, 5) is 12.2. The van der Waals surface area contributed by atoms with Crippen LogP contribution in [0.4, 0.5) is 4.39 Å². The summed E-state index contributed by atoms with van der Waals surface area (Å²) in [6.07, 6.45) is 1.42. The summed E-state index contributed by atoms with van der Waals surface area (Å²) < 4.78 is 24.1. The van der Waals surface area contributed by atoms with E-state index in [4.69, 9.17) is 9.47 Å². The predicted octanol–water partition coefficient (Wildman–Crippen LogP) is 2.51. The van der Waals surface area contributed by atoms with Crippen molar-refractivity contribution in [3.8, 4) is 5.75 Å². The van der Waals surface area contributed by atoms with E-state index in [-0.39, 0.29) is 11.1 Å². The minimum absolute atomic E-state index is 0.0256. The minimum Gasteiger partial charge on any atom is -0.497 e. The molecule has 0 spiro atoms. The van der Waals surface area contributed by atoms with E-state index >= 15 is 0 Å². The fourth-order valence-electron chi connectivity index (χ4n) is 2.17. The van der Waals surface area contributed by atoms with E-state index in [2.05, 4.69) is 21.2 Å². The maximum atomic E-state index is 13.9. The van der Waals surface area contributed by atoms with Crippen molar-refractivity contribution >= 4 is 21.8 Å². The fourth-order valence-corrected chi connectivity index (χ4v) is 2.87. The molecule has 1 aliphatic heterocycles. The Labute approximate surface area is 125 Å². The van der Waals surface area contributed by atoms with Gasteiger partial charge in [-0.05, 0) is 25.0 Å². The maximum absolute atomic E-state index is 13.9. The molecule has 1 aromatic rings. The van der Waals surface area contributed by atoms with Crippen LogP contribution < -0.4 is 10.1 Å². The summed E-state index contributed by atoms with van der Waals surface area (Å²) in [6, 6.07) is 4.22. The Hall–Kier alpha value is -1.14. The molecule has 0 radical (unpaired) electrons. The van der Waals surface area contributed by atoms with Gasteiger partial charge in [-0.3, -0.25) is 4.79 Å². The number of nitrogens with one attached hydrogen (secondary N) is 1. The van der Waals surface area contributed by atoms with Gasteiger partial charge in [-0.25, -0.2) is 4.39 Å². The summed E-state index contributed by atoms with van der Waals surface area (Å²) in [6.45, 7) is 1.19. The quantitative estimate of drug-likeness (QED) is 0.853. The topological polar surface area (TPSA) is 47.6 Å². The molecule has 0 atom stereocenters. The first-order valence-electron chi connectivity index (χ1n) is 6.40. The van der Waals surface area contributed by atoms with Crippen molar-refractivity contribution in [1.82, 2.24) is 5.32 Å². The lowest BCUT2D eigenvalue weighted by Gasteiger charge is -2.36. The van der Waals surface area contributed by atoms with Gasteiger partial charge in [-0.1, -0.05) is 15.9 Å². The van der Waals surface area contributed by atoms with Crippen molar-refractivity contribution in [2.24, 2.45) is 0 Å². The highest BCUT2D eigenvalue weighted by molar-refractivity contribution is 9.09. The first kappa shape index (κ1) is 15.3. The normalized spacial score (nSPS) is 17.6. The predicted molar refractivity (Wildman–Crippen MR) is 77.0 cm³/mol. The van der Waals surface area contributed by atoms with E-state index in [0.717, 1.165) is 0 Å². The fraction of sp³-hybridized carbons (Fsp3) is 0.500. The van der Waals surface area contributed by atoms with Gasteiger partial charge in [0.15, 0.2) is 0 Å². The highest BCUT2D eigenvalue weighted by Crippen LogP contribution is 2.24. The smallest absolute Gasteiger partial charge is 0.254 e. The lowest BCUT2D eigenvalue weighted by molar-refractivity contribution is 0.0440. The molecule has 0 aliphatic carbocycles. The molecule has 1 fully saturated rings. The van der Waals surface area contributed by atoms with Crippen LogP contribution in [0.1, 0.15) is 23.2 Å². The number of halogens is 2. The molecule has 110 valence electrons. The van der Waals surface area contributed by atoms with Gasteiger partial charge in [0.25, 0.3) is 5.91 Å². The van der Waals surface area contributed by atoms with Gasteiger partial charge in [-0.15, -0.1) is 0 Å². The summed E-state index contributed by atoms with van der Waals surface area (Å²) in [7, 11) is 1.45. The number of methoxy groups -OCH3 is 1. The molecule has 0 saturated carbocycles. The molecular weight excluding hydrogens is 329 g/mol. The number of alkyl halides is 1. The molecule has 6 heteroatoms. The van der Waals surface area contributed by atoms with Crippen LogP contribution in [0.15, 0.2) is 18.2 Å². The number of ether oxygens (including phenoxy) is 2. The lowest BCUT2D eigenvalue weighted by Crippen LogP contribution is -2.53. The van der Waals surface area contributed by atoms with Gasteiger partial charge < -0.3 is 14.8 Å². The van der Waals surface area contributed by atoms with Crippen LogP contribution in [0.3, 0.4) is 0 Å². The Balaban J connectivity index is 2.14. The molecule has 1 aliphatic rings. The summed E-state index contributed by atoms with van der Waals surface area (Å²) in [5, 5.41) is 3.55. The van der Waals surface area contributed by atoms with Crippen LogP contribution in [-0.2, 0) is 4.74 Å². The molecule has 1 saturated heterocycles. The molecule has 0 bridgehead atoms. The van der Waals surface area contributed by atoms with Crippen molar-refractivity contribution < 1.29 is 18.7 Å². The van der Waals surface area contributed by atoms with E-state index in [9.17, 15) is 9.18 Å². The second-order valence-electron chi connectivity index (χ2n) is 4.83. The molecule has 2 rings (SSSR count). The van der Waals surface area contributed by atoms with Crippen LogP contribution in [0.25, 0.3) is 0 Å². The molecule has 1 aromatic carbocycles.